The van der Waals surface area contributed by atoms with Crippen molar-refractivity contribution in [1.82, 2.24) is 25.3 Å². The Hall–Kier alpha value is -2.25. The number of piperidine rings is 1. The minimum atomic E-state index is 0.418. The van der Waals surface area contributed by atoms with Gasteiger partial charge in [0.15, 0.2) is 11.4 Å². The van der Waals surface area contributed by atoms with Crippen LogP contribution in [0.15, 0.2) is 33.2 Å². The summed E-state index contributed by atoms with van der Waals surface area (Å²) in [4.78, 5) is 11.2. The second-order valence-corrected chi connectivity index (χ2v) is 6.26. The first-order valence-electron chi connectivity index (χ1n) is 8.35. The zero-order valence-electron chi connectivity index (χ0n) is 13.7. The van der Waals surface area contributed by atoms with Crippen molar-refractivity contribution in [2.45, 2.75) is 38.9 Å². The number of para-hydroxylation sites is 2. The average molecular weight is 327 g/mol. The Balaban J connectivity index is 1.32. The van der Waals surface area contributed by atoms with Gasteiger partial charge in [-0.05, 0) is 31.5 Å². The number of fused-ring (bicyclic) bond motifs is 1. The fourth-order valence-corrected chi connectivity index (χ4v) is 3.20. The lowest BCUT2D eigenvalue weighted by molar-refractivity contribution is 0.175. The molecule has 24 heavy (non-hydrogen) atoms. The van der Waals surface area contributed by atoms with Crippen molar-refractivity contribution in [3.63, 3.8) is 0 Å². The average Bonchev–Trinajstić information content (AvgIpc) is 3.19. The minimum absolute atomic E-state index is 0.418. The van der Waals surface area contributed by atoms with Crippen molar-refractivity contribution >= 4 is 11.1 Å². The van der Waals surface area contributed by atoms with E-state index in [0.29, 0.717) is 18.5 Å². The Morgan fingerprint density at radius 1 is 1.29 bits per heavy atom. The number of nitrogens with zero attached hydrogens (tertiary/aromatic N) is 4. The number of oxazole rings is 1. The summed E-state index contributed by atoms with van der Waals surface area (Å²) in [6.07, 6.45) is 2.31. The van der Waals surface area contributed by atoms with Gasteiger partial charge in [0.2, 0.25) is 11.8 Å². The molecule has 1 unspecified atom stereocenters. The number of aromatic nitrogens is 3. The summed E-state index contributed by atoms with van der Waals surface area (Å²) in [5.41, 5.74) is 1.75. The van der Waals surface area contributed by atoms with E-state index >= 15 is 0 Å². The number of likely N-dealkylation sites (tertiary alicyclic amines) is 1. The van der Waals surface area contributed by atoms with Gasteiger partial charge in [-0.2, -0.15) is 4.98 Å². The SMILES string of the molecule is Cc1nc(CN2CCCC(NCc3nc4ccccc4o3)C2)no1. The van der Waals surface area contributed by atoms with Crippen LogP contribution in [0, 0.1) is 6.92 Å². The highest BCUT2D eigenvalue weighted by Gasteiger charge is 2.21. The molecule has 3 heterocycles. The topological polar surface area (TPSA) is 80.2 Å². The highest BCUT2D eigenvalue weighted by molar-refractivity contribution is 5.72. The predicted octanol–water partition coefficient (Wildman–Crippen LogP) is 2.27. The van der Waals surface area contributed by atoms with E-state index in [-0.39, 0.29) is 0 Å². The van der Waals surface area contributed by atoms with Crippen molar-refractivity contribution < 1.29 is 8.94 Å². The molecule has 0 bridgehead atoms. The van der Waals surface area contributed by atoms with Crippen LogP contribution in [0.4, 0.5) is 0 Å². The molecule has 1 atom stereocenters. The highest BCUT2D eigenvalue weighted by Crippen LogP contribution is 2.16. The normalized spacial score (nSPS) is 19.1. The predicted molar refractivity (Wildman–Crippen MR) is 88.2 cm³/mol. The zero-order chi connectivity index (χ0) is 16.4. The van der Waals surface area contributed by atoms with Crippen LogP contribution >= 0.6 is 0 Å². The summed E-state index contributed by atoms with van der Waals surface area (Å²) in [6.45, 7) is 5.23. The van der Waals surface area contributed by atoms with Gasteiger partial charge in [-0.1, -0.05) is 17.3 Å². The van der Waals surface area contributed by atoms with E-state index in [1.54, 1.807) is 0 Å². The Morgan fingerprint density at radius 3 is 3.04 bits per heavy atom. The number of benzene rings is 1. The fraction of sp³-hybridized carbons (Fsp3) is 0.471. The monoisotopic (exact) mass is 327 g/mol. The van der Waals surface area contributed by atoms with E-state index in [9.17, 15) is 0 Å². The van der Waals surface area contributed by atoms with E-state index in [1.165, 1.54) is 0 Å². The molecule has 0 aliphatic carbocycles. The van der Waals surface area contributed by atoms with E-state index in [4.69, 9.17) is 8.94 Å². The third-order valence-corrected chi connectivity index (χ3v) is 4.32. The fourth-order valence-electron chi connectivity index (χ4n) is 3.20. The van der Waals surface area contributed by atoms with Gasteiger partial charge in [0.05, 0.1) is 13.1 Å². The zero-order valence-corrected chi connectivity index (χ0v) is 13.7. The van der Waals surface area contributed by atoms with Crippen molar-refractivity contribution in [3.8, 4) is 0 Å². The lowest BCUT2D eigenvalue weighted by Crippen LogP contribution is -2.45. The molecule has 0 saturated carbocycles. The molecule has 1 N–H and O–H groups in total. The summed E-state index contributed by atoms with van der Waals surface area (Å²) in [7, 11) is 0. The van der Waals surface area contributed by atoms with Crippen LogP contribution in [0.1, 0.15) is 30.4 Å². The number of nitrogens with one attached hydrogen (secondary N) is 1. The smallest absolute Gasteiger partial charge is 0.223 e. The summed E-state index contributed by atoms with van der Waals surface area (Å²) in [6, 6.07) is 8.27. The molecule has 0 amide bonds. The second-order valence-electron chi connectivity index (χ2n) is 6.26. The van der Waals surface area contributed by atoms with Crippen LogP contribution in [0.3, 0.4) is 0 Å². The minimum Gasteiger partial charge on any atom is -0.439 e. The molecule has 3 aromatic rings. The van der Waals surface area contributed by atoms with Gasteiger partial charge >= 0.3 is 0 Å². The van der Waals surface area contributed by atoms with E-state index in [0.717, 1.165) is 55.3 Å². The molecule has 1 fully saturated rings. The van der Waals surface area contributed by atoms with E-state index in [2.05, 4.69) is 25.3 Å². The molecular formula is C17H21N5O2. The van der Waals surface area contributed by atoms with Crippen LogP contribution < -0.4 is 5.32 Å². The standard InChI is InChI=1S/C17H21N5O2/c1-12-19-16(21-24-12)11-22-8-4-5-13(10-22)18-9-17-20-14-6-2-3-7-15(14)23-17/h2-3,6-7,13,18H,4-5,8-11H2,1H3. The highest BCUT2D eigenvalue weighted by atomic mass is 16.5. The molecule has 1 aromatic carbocycles. The van der Waals surface area contributed by atoms with Gasteiger partial charge < -0.3 is 14.3 Å². The Kier molecular flexibility index (Phi) is 4.27. The Bertz CT molecular complexity index is 779. The van der Waals surface area contributed by atoms with Gasteiger partial charge in [0.1, 0.15) is 5.52 Å². The molecule has 1 aliphatic rings. The first-order valence-corrected chi connectivity index (χ1v) is 8.35. The summed E-state index contributed by atoms with van der Waals surface area (Å²) in [5, 5.41) is 7.54. The molecule has 126 valence electrons. The van der Waals surface area contributed by atoms with E-state index < -0.39 is 0 Å². The van der Waals surface area contributed by atoms with Crippen molar-refractivity contribution in [1.29, 1.82) is 0 Å². The molecule has 7 heteroatoms. The molecular weight excluding hydrogens is 306 g/mol. The summed E-state index contributed by atoms with van der Waals surface area (Å²) >= 11 is 0. The molecule has 0 spiro atoms. The van der Waals surface area contributed by atoms with Crippen LogP contribution in [-0.2, 0) is 13.1 Å². The Morgan fingerprint density at radius 2 is 2.21 bits per heavy atom. The third kappa shape index (κ3) is 3.47. The van der Waals surface area contributed by atoms with E-state index in [1.807, 2.05) is 31.2 Å². The molecule has 0 radical (unpaired) electrons. The van der Waals surface area contributed by atoms with Crippen LogP contribution in [0.5, 0.6) is 0 Å². The molecule has 7 nitrogen and oxygen atoms in total. The van der Waals surface area contributed by atoms with Crippen molar-refractivity contribution in [2.75, 3.05) is 13.1 Å². The maximum atomic E-state index is 5.76. The molecule has 1 aliphatic heterocycles. The third-order valence-electron chi connectivity index (χ3n) is 4.32. The lowest BCUT2D eigenvalue weighted by Gasteiger charge is -2.32. The maximum absolute atomic E-state index is 5.76. The summed E-state index contributed by atoms with van der Waals surface area (Å²) in [5.74, 6) is 2.11. The number of aryl methyl sites for hydroxylation is 1. The summed E-state index contributed by atoms with van der Waals surface area (Å²) < 4.78 is 10.8. The largest absolute Gasteiger partial charge is 0.439 e. The van der Waals surface area contributed by atoms with Gasteiger partial charge in [0, 0.05) is 19.5 Å². The van der Waals surface area contributed by atoms with Gasteiger partial charge in [-0.3, -0.25) is 4.90 Å². The molecule has 2 aromatic heterocycles. The van der Waals surface area contributed by atoms with Gasteiger partial charge in [-0.25, -0.2) is 4.98 Å². The molecule has 1 saturated heterocycles. The first kappa shape index (κ1) is 15.3. The lowest BCUT2D eigenvalue weighted by atomic mass is 10.1. The maximum Gasteiger partial charge on any atom is 0.223 e. The van der Waals surface area contributed by atoms with Crippen LogP contribution in [0.2, 0.25) is 0 Å². The van der Waals surface area contributed by atoms with Crippen molar-refractivity contribution in [2.24, 2.45) is 0 Å². The van der Waals surface area contributed by atoms with Crippen molar-refractivity contribution in [3.05, 3.63) is 41.9 Å². The van der Waals surface area contributed by atoms with Gasteiger partial charge in [-0.15, -0.1) is 0 Å². The molecule has 4 rings (SSSR count). The quantitative estimate of drug-likeness (QED) is 0.770. The number of hydrogen-bond acceptors (Lipinski definition) is 7. The van der Waals surface area contributed by atoms with Crippen LogP contribution in [-0.4, -0.2) is 39.2 Å². The first-order chi connectivity index (χ1) is 11.8. The Labute approximate surface area is 140 Å². The second kappa shape index (κ2) is 6.70. The van der Waals surface area contributed by atoms with Gasteiger partial charge in [0.25, 0.3) is 0 Å². The van der Waals surface area contributed by atoms with Crippen LogP contribution in [0.25, 0.3) is 11.1 Å². The number of hydrogen-bond donors (Lipinski definition) is 1. The number of rotatable bonds is 5.